The van der Waals surface area contributed by atoms with Gasteiger partial charge in [-0.25, -0.2) is 4.79 Å². The number of hydrogen-bond acceptors (Lipinski definition) is 4. The summed E-state index contributed by atoms with van der Waals surface area (Å²) < 4.78 is 0. The summed E-state index contributed by atoms with van der Waals surface area (Å²) >= 11 is 0. The Bertz CT molecular complexity index is 755. The first kappa shape index (κ1) is 17.7. The number of nitrogens with one attached hydrogen (secondary N) is 1. The molecular formula is C19H23N5O2. The van der Waals surface area contributed by atoms with Gasteiger partial charge in [0, 0.05) is 69.6 Å². The monoisotopic (exact) mass is 353 g/mol. The van der Waals surface area contributed by atoms with Crippen LogP contribution in [0.1, 0.15) is 6.92 Å². The van der Waals surface area contributed by atoms with Crippen molar-refractivity contribution in [2.24, 2.45) is 0 Å². The summed E-state index contributed by atoms with van der Waals surface area (Å²) in [5.74, 6) is -0.0335. The van der Waals surface area contributed by atoms with E-state index in [1.54, 1.807) is 36.5 Å². The number of aromatic nitrogens is 1. The fraction of sp³-hybridized carbons (Fsp3) is 0.316. The van der Waals surface area contributed by atoms with Crippen LogP contribution in [0, 0.1) is 0 Å². The zero-order chi connectivity index (χ0) is 18.5. The molecule has 7 heteroatoms. The van der Waals surface area contributed by atoms with E-state index in [4.69, 9.17) is 0 Å². The van der Waals surface area contributed by atoms with Crippen molar-refractivity contribution in [2.75, 3.05) is 48.3 Å². The van der Waals surface area contributed by atoms with Crippen molar-refractivity contribution < 1.29 is 9.59 Å². The Morgan fingerprint density at radius 3 is 2.19 bits per heavy atom. The quantitative estimate of drug-likeness (QED) is 0.920. The molecule has 0 atom stereocenters. The summed E-state index contributed by atoms with van der Waals surface area (Å²) in [7, 11) is 1.72. The van der Waals surface area contributed by atoms with Gasteiger partial charge < -0.3 is 20.0 Å². The number of nitrogens with zero attached hydrogens (tertiary/aromatic N) is 4. The standard InChI is InChI=1S/C19H23N5O2/c1-15(25)22(2)17-5-3-16(4-6-17)21-19(26)24-13-11-23(12-14-24)18-7-9-20-10-8-18/h3-10H,11-14H2,1-2H3,(H,21,26). The minimum absolute atomic E-state index is 0.0335. The Kier molecular flexibility index (Phi) is 5.36. The molecule has 26 heavy (non-hydrogen) atoms. The first-order valence-corrected chi connectivity index (χ1v) is 8.60. The zero-order valence-corrected chi connectivity index (χ0v) is 15.1. The van der Waals surface area contributed by atoms with Crippen LogP contribution in [-0.2, 0) is 4.79 Å². The molecule has 2 heterocycles. The van der Waals surface area contributed by atoms with E-state index < -0.39 is 0 Å². The van der Waals surface area contributed by atoms with Gasteiger partial charge in [0.25, 0.3) is 0 Å². The zero-order valence-electron chi connectivity index (χ0n) is 15.1. The maximum atomic E-state index is 12.5. The molecule has 1 saturated heterocycles. The highest BCUT2D eigenvalue weighted by Crippen LogP contribution is 2.18. The summed E-state index contributed by atoms with van der Waals surface area (Å²) in [4.78, 5) is 33.5. The number of rotatable bonds is 3. The third kappa shape index (κ3) is 4.11. The molecule has 0 spiro atoms. The van der Waals surface area contributed by atoms with Crippen LogP contribution in [-0.4, -0.2) is 55.0 Å². The van der Waals surface area contributed by atoms with Crippen molar-refractivity contribution in [1.29, 1.82) is 0 Å². The van der Waals surface area contributed by atoms with E-state index in [0.29, 0.717) is 18.8 Å². The van der Waals surface area contributed by atoms with Crippen LogP contribution < -0.4 is 15.1 Å². The number of carbonyl (C=O) groups excluding carboxylic acids is 2. The highest BCUT2D eigenvalue weighted by molar-refractivity contribution is 5.92. The van der Waals surface area contributed by atoms with E-state index >= 15 is 0 Å². The molecule has 0 aliphatic carbocycles. The fourth-order valence-electron chi connectivity index (χ4n) is 2.88. The van der Waals surface area contributed by atoms with Crippen molar-refractivity contribution >= 4 is 29.0 Å². The molecule has 1 aliphatic heterocycles. The van der Waals surface area contributed by atoms with E-state index in [1.807, 2.05) is 29.2 Å². The van der Waals surface area contributed by atoms with Crippen molar-refractivity contribution in [3.05, 3.63) is 48.8 Å². The van der Waals surface area contributed by atoms with Gasteiger partial charge in [0.15, 0.2) is 0 Å². The van der Waals surface area contributed by atoms with Crippen molar-refractivity contribution in [3.63, 3.8) is 0 Å². The Hall–Kier alpha value is -3.09. The third-order valence-electron chi connectivity index (χ3n) is 4.57. The molecule has 0 radical (unpaired) electrons. The van der Waals surface area contributed by atoms with Crippen molar-refractivity contribution in [2.45, 2.75) is 6.92 Å². The molecule has 0 bridgehead atoms. The molecule has 1 aliphatic rings. The number of benzene rings is 1. The number of hydrogen-bond donors (Lipinski definition) is 1. The van der Waals surface area contributed by atoms with Crippen molar-refractivity contribution in [1.82, 2.24) is 9.88 Å². The number of amides is 3. The number of anilines is 3. The summed E-state index contributed by atoms with van der Waals surface area (Å²) in [6.45, 7) is 4.43. The van der Waals surface area contributed by atoms with Gasteiger partial charge in [-0.05, 0) is 36.4 Å². The van der Waals surface area contributed by atoms with Crippen LogP contribution in [0.4, 0.5) is 21.9 Å². The normalized spacial score (nSPS) is 14.1. The average molecular weight is 353 g/mol. The van der Waals surface area contributed by atoms with Gasteiger partial charge in [-0.15, -0.1) is 0 Å². The Balaban J connectivity index is 1.54. The van der Waals surface area contributed by atoms with Gasteiger partial charge in [0.05, 0.1) is 0 Å². The molecule has 7 nitrogen and oxygen atoms in total. The minimum Gasteiger partial charge on any atom is -0.368 e. The molecular weight excluding hydrogens is 330 g/mol. The second-order valence-corrected chi connectivity index (χ2v) is 6.23. The number of urea groups is 1. The predicted octanol–water partition coefficient (Wildman–Crippen LogP) is 2.42. The SMILES string of the molecule is CC(=O)N(C)c1ccc(NC(=O)N2CCN(c3ccncc3)CC2)cc1. The molecule has 2 aromatic rings. The van der Waals surface area contributed by atoms with E-state index in [0.717, 1.165) is 24.5 Å². The summed E-state index contributed by atoms with van der Waals surface area (Å²) in [6.07, 6.45) is 3.56. The van der Waals surface area contributed by atoms with E-state index in [2.05, 4.69) is 15.2 Å². The lowest BCUT2D eigenvalue weighted by Crippen LogP contribution is -2.50. The van der Waals surface area contributed by atoms with E-state index in [-0.39, 0.29) is 11.9 Å². The smallest absolute Gasteiger partial charge is 0.321 e. The highest BCUT2D eigenvalue weighted by atomic mass is 16.2. The van der Waals surface area contributed by atoms with Gasteiger partial charge in [0.1, 0.15) is 0 Å². The summed E-state index contributed by atoms with van der Waals surface area (Å²) in [5, 5.41) is 2.92. The number of carbonyl (C=O) groups is 2. The van der Waals surface area contributed by atoms with Gasteiger partial charge in [-0.2, -0.15) is 0 Å². The predicted molar refractivity (Wildman–Crippen MR) is 103 cm³/mol. The molecule has 1 aromatic carbocycles. The second-order valence-electron chi connectivity index (χ2n) is 6.23. The molecule has 3 amide bonds. The number of piperazine rings is 1. The van der Waals surface area contributed by atoms with Crippen LogP contribution in [0.25, 0.3) is 0 Å². The first-order valence-electron chi connectivity index (χ1n) is 8.60. The summed E-state index contributed by atoms with van der Waals surface area (Å²) in [6, 6.07) is 11.1. The fourth-order valence-corrected chi connectivity index (χ4v) is 2.88. The molecule has 136 valence electrons. The lowest BCUT2D eigenvalue weighted by Gasteiger charge is -2.36. The van der Waals surface area contributed by atoms with E-state index in [9.17, 15) is 9.59 Å². The Morgan fingerprint density at radius 2 is 1.62 bits per heavy atom. The van der Waals surface area contributed by atoms with Gasteiger partial charge in [-0.3, -0.25) is 9.78 Å². The molecule has 0 saturated carbocycles. The summed E-state index contributed by atoms with van der Waals surface area (Å²) in [5.41, 5.74) is 2.64. The van der Waals surface area contributed by atoms with Crippen LogP contribution in [0.5, 0.6) is 0 Å². The minimum atomic E-state index is -0.105. The van der Waals surface area contributed by atoms with Gasteiger partial charge in [0.2, 0.25) is 5.91 Å². The highest BCUT2D eigenvalue weighted by Gasteiger charge is 2.21. The van der Waals surface area contributed by atoms with Crippen LogP contribution >= 0.6 is 0 Å². The van der Waals surface area contributed by atoms with Crippen LogP contribution in [0.15, 0.2) is 48.8 Å². The molecule has 1 N–H and O–H groups in total. The molecule has 1 aromatic heterocycles. The molecule has 1 fully saturated rings. The second kappa shape index (κ2) is 7.86. The van der Waals surface area contributed by atoms with Crippen LogP contribution in [0.2, 0.25) is 0 Å². The van der Waals surface area contributed by atoms with Gasteiger partial charge >= 0.3 is 6.03 Å². The number of pyridine rings is 1. The van der Waals surface area contributed by atoms with Crippen LogP contribution in [0.3, 0.4) is 0 Å². The largest absolute Gasteiger partial charge is 0.368 e. The van der Waals surface area contributed by atoms with E-state index in [1.165, 1.54) is 6.92 Å². The third-order valence-corrected chi connectivity index (χ3v) is 4.57. The average Bonchev–Trinajstić information content (AvgIpc) is 2.68. The Morgan fingerprint density at radius 1 is 1.00 bits per heavy atom. The lowest BCUT2D eigenvalue weighted by molar-refractivity contribution is -0.116. The Labute approximate surface area is 153 Å². The lowest BCUT2D eigenvalue weighted by atomic mass is 10.2. The molecule has 3 rings (SSSR count). The maximum absolute atomic E-state index is 12.5. The topological polar surface area (TPSA) is 68.8 Å². The maximum Gasteiger partial charge on any atom is 0.321 e. The first-order chi connectivity index (χ1) is 12.5. The van der Waals surface area contributed by atoms with Crippen molar-refractivity contribution in [3.8, 4) is 0 Å². The van der Waals surface area contributed by atoms with Gasteiger partial charge in [-0.1, -0.05) is 0 Å². The molecule has 0 unspecified atom stereocenters.